The molecule has 1 unspecified atom stereocenters. The Kier molecular flexibility index (Phi) is 1.03. The first-order chi connectivity index (χ1) is 4.75. The van der Waals surface area contributed by atoms with Gasteiger partial charge in [0.25, 0.3) is 0 Å². The molecule has 0 amide bonds. The van der Waals surface area contributed by atoms with Crippen LogP contribution in [0.15, 0.2) is 10.4 Å². The second kappa shape index (κ2) is 1.77. The van der Waals surface area contributed by atoms with Crippen LogP contribution in [0.4, 0.5) is 5.82 Å². The van der Waals surface area contributed by atoms with E-state index in [1.54, 1.807) is 0 Å². The van der Waals surface area contributed by atoms with Crippen LogP contribution >= 0.6 is 10.9 Å². The summed E-state index contributed by atoms with van der Waals surface area (Å²) >= 11 is 0. The summed E-state index contributed by atoms with van der Waals surface area (Å²) in [6.45, 7) is 0. The van der Waals surface area contributed by atoms with Crippen LogP contribution in [-0.4, -0.2) is 10.2 Å². The van der Waals surface area contributed by atoms with Crippen molar-refractivity contribution < 1.29 is 0 Å². The van der Waals surface area contributed by atoms with E-state index in [0.717, 1.165) is 17.8 Å². The number of rotatable bonds is 0. The summed E-state index contributed by atoms with van der Waals surface area (Å²) in [7, 11) is -0.433. The SMILES string of the molecule is NC1=Nc2n[s+](N)cc2C1. The van der Waals surface area contributed by atoms with Crippen LogP contribution in [0.25, 0.3) is 0 Å². The molecule has 52 valence electrons. The normalized spacial score (nSPS) is 16.9. The van der Waals surface area contributed by atoms with E-state index in [9.17, 15) is 0 Å². The van der Waals surface area contributed by atoms with Gasteiger partial charge in [0.15, 0.2) is 16.2 Å². The average Bonchev–Trinajstić information content (AvgIpc) is 2.21. The Bertz CT molecular complexity index is 301. The quantitative estimate of drug-likeness (QED) is 0.521. The van der Waals surface area contributed by atoms with Crippen LogP contribution in [0.3, 0.4) is 0 Å². The molecule has 1 aromatic rings. The Morgan fingerprint density at radius 3 is 3.10 bits per heavy atom. The van der Waals surface area contributed by atoms with Crippen LogP contribution in [0, 0.1) is 0 Å². The van der Waals surface area contributed by atoms with E-state index in [0.29, 0.717) is 5.84 Å². The van der Waals surface area contributed by atoms with E-state index in [2.05, 4.69) is 9.37 Å². The van der Waals surface area contributed by atoms with Gasteiger partial charge in [0, 0.05) is 10.8 Å². The first kappa shape index (κ1) is 5.82. The van der Waals surface area contributed by atoms with Crippen molar-refractivity contribution in [2.24, 2.45) is 10.7 Å². The molecule has 0 bridgehead atoms. The smallest absolute Gasteiger partial charge is 0.220 e. The highest BCUT2D eigenvalue weighted by Gasteiger charge is 2.21. The first-order valence-electron chi connectivity index (χ1n) is 2.86. The molecule has 0 saturated carbocycles. The van der Waals surface area contributed by atoms with Crippen molar-refractivity contribution in [3.63, 3.8) is 0 Å². The van der Waals surface area contributed by atoms with Gasteiger partial charge >= 0.3 is 0 Å². The van der Waals surface area contributed by atoms with Crippen molar-refractivity contribution in [1.82, 2.24) is 4.37 Å². The minimum Gasteiger partial charge on any atom is -0.387 e. The fourth-order valence-electron chi connectivity index (χ4n) is 0.967. The first-order valence-corrected chi connectivity index (χ1v) is 4.17. The van der Waals surface area contributed by atoms with Crippen LogP contribution in [0.2, 0.25) is 0 Å². The molecule has 1 aliphatic heterocycles. The van der Waals surface area contributed by atoms with E-state index in [4.69, 9.17) is 10.9 Å². The molecule has 10 heavy (non-hydrogen) atoms. The maximum absolute atomic E-state index is 5.52. The molecule has 0 radical (unpaired) electrons. The number of aliphatic imine (C=N–C) groups is 1. The summed E-state index contributed by atoms with van der Waals surface area (Å²) in [4.78, 5) is 4.00. The summed E-state index contributed by atoms with van der Waals surface area (Å²) in [5.74, 6) is 1.38. The largest absolute Gasteiger partial charge is 0.387 e. The van der Waals surface area contributed by atoms with Crippen molar-refractivity contribution in [3.05, 3.63) is 10.9 Å². The summed E-state index contributed by atoms with van der Waals surface area (Å²) in [5, 5.41) is 7.44. The summed E-state index contributed by atoms with van der Waals surface area (Å²) in [6.07, 6.45) is 0.722. The molecule has 1 aliphatic rings. The molecule has 2 rings (SSSR count). The lowest BCUT2D eigenvalue weighted by atomic mass is 10.3. The fourth-order valence-corrected chi connectivity index (χ4v) is 1.86. The van der Waals surface area contributed by atoms with E-state index in [1.807, 2.05) is 5.38 Å². The predicted molar refractivity (Wildman–Crippen MR) is 41.9 cm³/mol. The van der Waals surface area contributed by atoms with E-state index >= 15 is 0 Å². The third-order valence-electron chi connectivity index (χ3n) is 1.36. The lowest BCUT2D eigenvalue weighted by molar-refractivity contribution is 1.38. The zero-order valence-electron chi connectivity index (χ0n) is 5.24. The summed E-state index contributed by atoms with van der Waals surface area (Å²) in [5.41, 5.74) is 6.55. The molecule has 0 aliphatic carbocycles. The monoisotopic (exact) mass is 155 g/mol. The van der Waals surface area contributed by atoms with Crippen molar-refractivity contribution in [2.75, 3.05) is 5.14 Å². The van der Waals surface area contributed by atoms with Gasteiger partial charge in [-0.1, -0.05) is 0 Å². The van der Waals surface area contributed by atoms with E-state index < -0.39 is 10.9 Å². The molecule has 5 heteroatoms. The van der Waals surface area contributed by atoms with Gasteiger partial charge in [-0.25, -0.2) is 4.99 Å². The Labute approximate surface area is 60.8 Å². The number of nitrogens with two attached hydrogens (primary N) is 2. The van der Waals surface area contributed by atoms with Gasteiger partial charge < -0.3 is 5.73 Å². The van der Waals surface area contributed by atoms with Crippen LogP contribution < -0.4 is 10.9 Å². The molecule has 4 nitrogen and oxygen atoms in total. The third kappa shape index (κ3) is 0.714. The maximum Gasteiger partial charge on any atom is 0.220 e. The molecule has 2 heterocycles. The Morgan fingerprint density at radius 1 is 1.60 bits per heavy atom. The van der Waals surface area contributed by atoms with Gasteiger partial charge in [0.05, 0.1) is 5.56 Å². The van der Waals surface area contributed by atoms with E-state index in [1.165, 1.54) is 0 Å². The van der Waals surface area contributed by atoms with Gasteiger partial charge in [0.2, 0.25) is 5.82 Å². The molecule has 0 spiro atoms. The maximum atomic E-state index is 5.52. The zero-order chi connectivity index (χ0) is 7.14. The van der Waals surface area contributed by atoms with Gasteiger partial charge in [-0.2, -0.15) is 0 Å². The van der Waals surface area contributed by atoms with E-state index in [-0.39, 0.29) is 0 Å². The van der Waals surface area contributed by atoms with Crippen molar-refractivity contribution >= 4 is 22.5 Å². The summed E-state index contributed by atoms with van der Waals surface area (Å²) in [6, 6.07) is 0. The van der Waals surface area contributed by atoms with Gasteiger partial charge in [-0.05, 0) is 0 Å². The molecule has 0 saturated heterocycles. The second-order valence-corrected chi connectivity index (χ2v) is 3.30. The molecule has 0 aromatic carbocycles. The van der Waals surface area contributed by atoms with Crippen molar-refractivity contribution in [3.8, 4) is 0 Å². The number of aromatic nitrogens is 1. The molecule has 0 fully saturated rings. The minimum absolute atomic E-state index is 0.433. The zero-order valence-corrected chi connectivity index (χ0v) is 6.06. The molecule has 1 aromatic heterocycles. The number of hydrogen-bond donors (Lipinski definition) is 2. The molecule has 4 N–H and O–H groups in total. The van der Waals surface area contributed by atoms with Crippen LogP contribution in [0.1, 0.15) is 5.56 Å². The number of amidine groups is 1. The lowest BCUT2D eigenvalue weighted by Crippen LogP contribution is -2.09. The molecule has 1 atom stereocenters. The van der Waals surface area contributed by atoms with Crippen molar-refractivity contribution in [1.29, 1.82) is 0 Å². The fraction of sp³-hybridized carbons (Fsp3) is 0.200. The highest BCUT2D eigenvalue weighted by Crippen LogP contribution is 2.27. The molecular weight excluding hydrogens is 148 g/mol. The lowest BCUT2D eigenvalue weighted by Gasteiger charge is -1.81. The average molecular weight is 155 g/mol. The highest BCUT2D eigenvalue weighted by molar-refractivity contribution is 7.24. The van der Waals surface area contributed by atoms with Crippen molar-refractivity contribution in [2.45, 2.75) is 6.42 Å². The molecular formula is C5H7N4S+. The third-order valence-corrected chi connectivity index (χ3v) is 2.27. The number of nitrogen functional groups attached to an aromatic ring is 1. The second-order valence-electron chi connectivity index (χ2n) is 2.18. The number of nitrogens with zero attached hydrogens (tertiary/aromatic N) is 2. The Morgan fingerprint density at radius 2 is 2.40 bits per heavy atom. The Hall–Kier alpha value is -0.940. The van der Waals surface area contributed by atoms with Crippen LogP contribution in [-0.2, 0) is 6.42 Å². The standard InChI is InChI=1S/C5H6N4S/c6-4-1-3-2-10(7)9-5(3)8-4/h2H,1H2,(H3,6,7,8,9)/p+1. The summed E-state index contributed by atoms with van der Waals surface area (Å²) < 4.78 is 4.06. The van der Waals surface area contributed by atoms with Crippen LogP contribution in [0.5, 0.6) is 0 Å². The highest BCUT2D eigenvalue weighted by atomic mass is 32.2. The minimum atomic E-state index is -0.433. The van der Waals surface area contributed by atoms with Gasteiger partial charge in [-0.3, -0.25) is 0 Å². The predicted octanol–water partition coefficient (Wildman–Crippen LogP) is 0.0893. The number of fused-ring (bicyclic) bond motifs is 1. The van der Waals surface area contributed by atoms with Gasteiger partial charge in [0.1, 0.15) is 5.84 Å². The van der Waals surface area contributed by atoms with Gasteiger partial charge in [-0.15, -0.1) is 5.14 Å². The topological polar surface area (TPSA) is 77.3 Å². The Balaban J connectivity index is 2.53. The number of hydrogen-bond acceptors (Lipinski definition) is 4.